The molecule has 0 saturated carbocycles. The van der Waals surface area contributed by atoms with Crippen LogP contribution in [0.25, 0.3) is 0 Å². The average molecular weight is 425 g/mol. The van der Waals surface area contributed by atoms with Gasteiger partial charge in [-0.2, -0.15) is 0 Å². The molecule has 2 aliphatic rings. The lowest BCUT2D eigenvalue weighted by Crippen LogP contribution is -2.58. The van der Waals surface area contributed by atoms with E-state index in [1.165, 1.54) is 11.0 Å². The van der Waals surface area contributed by atoms with Gasteiger partial charge in [0.05, 0.1) is 17.0 Å². The van der Waals surface area contributed by atoms with Gasteiger partial charge < -0.3 is 4.84 Å². The minimum atomic E-state index is -3.40. The predicted octanol–water partition coefficient (Wildman–Crippen LogP) is 2.77. The molecule has 3 rings (SSSR count). The normalized spacial score (nSPS) is 23.8. The molecule has 8 heteroatoms. The number of allylic oxidation sites excluding steroid dienone is 1. The zero-order chi connectivity index (χ0) is 18.2. The van der Waals surface area contributed by atoms with E-state index in [2.05, 4.69) is 21.1 Å². The largest absolute Gasteiger partial charge is 0.391 e. The summed E-state index contributed by atoms with van der Waals surface area (Å²) < 4.78 is 25.5. The number of amides is 1. The molecule has 2 heterocycles. The summed E-state index contributed by atoms with van der Waals surface area (Å²) in [5.41, 5.74) is 2.27. The Bertz CT molecular complexity index is 918. The molecule has 1 aromatic rings. The molecule has 2 aliphatic heterocycles. The number of fused-ring (bicyclic) bond motifs is 1. The molecule has 0 aromatic heterocycles. The molecule has 0 spiro atoms. The van der Waals surface area contributed by atoms with Gasteiger partial charge in [-0.15, -0.1) is 0 Å². The lowest BCUT2D eigenvalue weighted by molar-refractivity contribution is -0.130. The van der Waals surface area contributed by atoms with E-state index in [9.17, 15) is 13.2 Å². The highest BCUT2D eigenvalue weighted by Gasteiger charge is 2.51. The fourth-order valence-corrected chi connectivity index (χ4v) is 5.14. The van der Waals surface area contributed by atoms with Crippen LogP contribution in [-0.2, 0) is 26.1 Å². The van der Waals surface area contributed by atoms with E-state index in [1.807, 2.05) is 24.3 Å². The second-order valence-corrected chi connectivity index (χ2v) is 8.96. The second kappa shape index (κ2) is 6.76. The number of sulfone groups is 1. The van der Waals surface area contributed by atoms with E-state index in [0.29, 0.717) is 11.3 Å². The molecule has 6 nitrogen and oxygen atoms in total. The van der Waals surface area contributed by atoms with Crippen molar-refractivity contribution in [1.29, 1.82) is 0 Å². The number of hydrogen-bond donors (Lipinski definition) is 0. The second-order valence-electron chi connectivity index (χ2n) is 6.04. The number of halogens is 1. The van der Waals surface area contributed by atoms with Crippen molar-refractivity contribution in [1.82, 2.24) is 4.90 Å². The van der Waals surface area contributed by atoms with Crippen LogP contribution in [0.5, 0.6) is 0 Å². The van der Waals surface area contributed by atoms with E-state index in [4.69, 9.17) is 4.84 Å². The lowest BCUT2D eigenvalue weighted by atomic mass is 10.0. The third-order valence-electron chi connectivity index (χ3n) is 3.88. The van der Waals surface area contributed by atoms with Gasteiger partial charge in [0.15, 0.2) is 15.2 Å². The van der Waals surface area contributed by atoms with E-state index in [1.54, 1.807) is 20.0 Å². The summed E-state index contributed by atoms with van der Waals surface area (Å²) in [6.07, 6.45) is 3.08. The van der Waals surface area contributed by atoms with Crippen LogP contribution in [0.3, 0.4) is 0 Å². The molecule has 1 amide bonds. The zero-order valence-corrected chi connectivity index (χ0v) is 16.2. The summed E-state index contributed by atoms with van der Waals surface area (Å²) in [6, 6.07) is 7.61. The SMILES string of the molecule is CC1=CN2C(=O)/C(=C/C(C)=N\OCc3ccccc3Br)C2S(=O)(=O)C1. The molecule has 25 heavy (non-hydrogen) atoms. The van der Waals surface area contributed by atoms with Crippen LogP contribution in [0.15, 0.2) is 57.3 Å². The molecule has 1 unspecified atom stereocenters. The fourth-order valence-electron chi connectivity index (χ4n) is 2.81. The minimum Gasteiger partial charge on any atom is -0.391 e. The van der Waals surface area contributed by atoms with Crippen molar-refractivity contribution in [2.24, 2.45) is 5.16 Å². The number of hydrogen-bond acceptors (Lipinski definition) is 5. The number of benzene rings is 1. The Hall–Kier alpha value is -1.93. The van der Waals surface area contributed by atoms with Crippen molar-refractivity contribution < 1.29 is 18.0 Å². The van der Waals surface area contributed by atoms with E-state index in [-0.39, 0.29) is 23.8 Å². The number of carbonyl (C=O) groups excluding carboxylic acids is 1. The van der Waals surface area contributed by atoms with Gasteiger partial charge in [0, 0.05) is 16.2 Å². The molecule has 1 atom stereocenters. The monoisotopic (exact) mass is 424 g/mol. The van der Waals surface area contributed by atoms with Crippen LogP contribution in [0, 0.1) is 0 Å². The summed E-state index contributed by atoms with van der Waals surface area (Å²) in [4.78, 5) is 18.7. The number of β-lactam (4-membered cyclic amide) rings is 1. The summed E-state index contributed by atoms with van der Waals surface area (Å²) in [5.74, 6) is -0.346. The Kier molecular flexibility index (Phi) is 4.83. The van der Waals surface area contributed by atoms with Gasteiger partial charge in [0.2, 0.25) is 0 Å². The van der Waals surface area contributed by atoms with Gasteiger partial charge in [-0.1, -0.05) is 39.3 Å². The van der Waals surface area contributed by atoms with Crippen LogP contribution < -0.4 is 0 Å². The predicted molar refractivity (Wildman–Crippen MR) is 98.3 cm³/mol. The molecule has 1 aromatic carbocycles. The summed E-state index contributed by atoms with van der Waals surface area (Å²) >= 11 is 3.42. The number of rotatable bonds is 4. The topological polar surface area (TPSA) is 76.0 Å². The van der Waals surface area contributed by atoms with Crippen molar-refractivity contribution in [3.63, 3.8) is 0 Å². The highest BCUT2D eigenvalue weighted by molar-refractivity contribution is 9.10. The number of nitrogens with zero attached hydrogens (tertiary/aromatic N) is 2. The third kappa shape index (κ3) is 3.55. The van der Waals surface area contributed by atoms with Gasteiger partial charge in [0.25, 0.3) is 5.91 Å². The van der Waals surface area contributed by atoms with Gasteiger partial charge in [-0.05, 0) is 31.6 Å². The summed E-state index contributed by atoms with van der Waals surface area (Å²) in [6.45, 7) is 3.64. The zero-order valence-electron chi connectivity index (χ0n) is 13.8. The first-order valence-corrected chi connectivity index (χ1v) is 10.1. The molecule has 0 bridgehead atoms. The van der Waals surface area contributed by atoms with E-state index in [0.717, 1.165) is 10.0 Å². The maximum atomic E-state index is 12.3. The van der Waals surface area contributed by atoms with Gasteiger partial charge in [-0.25, -0.2) is 8.42 Å². The molecular weight excluding hydrogens is 408 g/mol. The Labute approximate surface area is 154 Å². The van der Waals surface area contributed by atoms with Gasteiger partial charge in [0.1, 0.15) is 6.61 Å². The highest BCUT2D eigenvalue weighted by atomic mass is 79.9. The van der Waals surface area contributed by atoms with Crippen molar-refractivity contribution in [3.8, 4) is 0 Å². The standard InChI is InChI=1S/C17H17BrN2O4S/c1-11-8-20-16(21)14(17(20)25(22,23)10-11)7-12(2)19-24-9-13-5-3-4-6-15(13)18/h3-8,17H,9-10H2,1-2H3/b14-7-,19-12-. The quantitative estimate of drug-likeness (QED) is 0.322. The van der Waals surface area contributed by atoms with Crippen LogP contribution >= 0.6 is 15.9 Å². The molecular formula is C17H17BrN2O4S. The van der Waals surface area contributed by atoms with Crippen molar-refractivity contribution in [2.45, 2.75) is 25.8 Å². The number of oxime groups is 1. The maximum absolute atomic E-state index is 12.3. The molecule has 1 fully saturated rings. The fraction of sp³-hybridized carbons (Fsp3) is 0.294. The molecule has 0 aliphatic carbocycles. The number of carbonyl (C=O) groups is 1. The lowest BCUT2D eigenvalue weighted by Gasteiger charge is -2.42. The highest BCUT2D eigenvalue weighted by Crippen LogP contribution is 2.35. The Morgan fingerprint density at radius 2 is 2.16 bits per heavy atom. The Morgan fingerprint density at radius 3 is 2.88 bits per heavy atom. The maximum Gasteiger partial charge on any atom is 0.258 e. The van der Waals surface area contributed by atoms with E-state index >= 15 is 0 Å². The summed E-state index contributed by atoms with van der Waals surface area (Å²) in [7, 11) is -3.40. The average Bonchev–Trinajstić information content (AvgIpc) is 2.53. The molecule has 1 saturated heterocycles. The molecule has 132 valence electrons. The van der Waals surface area contributed by atoms with Crippen LogP contribution in [0.1, 0.15) is 19.4 Å². The molecule has 0 N–H and O–H groups in total. The van der Waals surface area contributed by atoms with Gasteiger partial charge >= 0.3 is 0 Å². The first kappa shape index (κ1) is 17.9. The van der Waals surface area contributed by atoms with Crippen molar-refractivity contribution in [3.05, 3.63) is 57.7 Å². The van der Waals surface area contributed by atoms with Crippen molar-refractivity contribution >= 4 is 37.4 Å². The first-order valence-electron chi connectivity index (χ1n) is 7.62. The Morgan fingerprint density at radius 1 is 1.44 bits per heavy atom. The van der Waals surface area contributed by atoms with Crippen molar-refractivity contribution in [2.75, 3.05) is 5.75 Å². The van der Waals surface area contributed by atoms with Crippen LogP contribution in [-0.4, -0.2) is 36.1 Å². The minimum absolute atomic E-state index is 0.0342. The van der Waals surface area contributed by atoms with E-state index < -0.39 is 15.2 Å². The molecule has 0 radical (unpaired) electrons. The van der Waals surface area contributed by atoms with Crippen LogP contribution in [0.4, 0.5) is 0 Å². The van der Waals surface area contributed by atoms with Gasteiger partial charge in [-0.3, -0.25) is 9.69 Å². The van der Waals surface area contributed by atoms with Crippen LogP contribution in [0.2, 0.25) is 0 Å². The Balaban J connectivity index is 1.72. The first-order chi connectivity index (χ1) is 11.8. The third-order valence-corrected chi connectivity index (χ3v) is 6.67. The summed E-state index contributed by atoms with van der Waals surface area (Å²) in [5, 5.41) is 3.05. The smallest absolute Gasteiger partial charge is 0.258 e.